The van der Waals surface area contributed by atoms with Crippen molar-refractivity contribution in [2.24, 2.45) is 0 Å². The summed E-state index contributed by atoms with van der Waals surface area (Å²) in [7, 11) is 0. The number of carbonyl (C=O) groups is 1. The summed E-state index contributed by atoms with van der Waals surface area (Å²) in [4.78, 5) is 24.1. The lowest BCUT2D eigenvalue weighted by molar-refractivity contribution is 0.0515. The molecule has 1 aliphatic heterocycles. The van der Waals surface area contributed by atoms with Gasteiger partial charge >= 0.3 is 5.97 Å². The molecule has 0 spiro atoms. The molecule has 29 heavy (non-hydrogen) atoms. The van der Waals surface area contributed by atoms with E-state index in [9.17, 15) is 9.90 Å². The quantitative estimate of drug-likeness (QED) is 0.637. The number of carbonyl (C=O) groups excluding carboxylic acids is 1. The zero-order chi connectivity index (χ0) is 20.4. The molecule has 152 valence electrons. The number of rotatable bonds is 6. The standard InChI is InChI=1S/C21H25N5O3/c1-3-29-21(28)20-15-12-25(9-8-19(15)26(24-20)10-11-27)13-18-14(2)22-16-6-4-5-7-17(16)23-18/h4-7,27H,3,8-13H2,1-2H3. The average Bonchev–Trinajstić information content (AvgIpc) is 3.07. The number of aromatic nitrogens is 4. The normalized spacial score (nSPS) is 14.2. The minimum absolute atomic E-state index is 0.0219. The fourth-order valence-corrected chi connectivity index (χ4v) is 3.81. The number of nitrogens with zero attached hydrogens (tertiary/aromatic N) is 5. The zero-order valence-corrected chi connectivity index (χ0v) is 16.8. The van der Waals surface area contributed by atoms with Crippen molar-refractivity contribution in [1.29, 1.82) is 0 Å². The fraction of sp³-hybridized carbons (Fsp3) is 0.429. The van der Waals surface area contributed by atoms with E-state index in [2.05, 4.69) is 15.0 Å². The van der Waals surface area contributed by atoms with E-state index < -0.39 is 5.97 Å². The van der Waals surface area contributed by atoms with Gasteiger partial charge in [0.2, 0.25) is 0 Å². The van der Waals surface area contributed by atoms with Crippen LogP contribution in [-0.4, -0.2) is 55.5 Å². The minimum atomic E-state index is -0.413. The van der Waals surface area contributed by atoms with Gasteiger partial charge < -0.3 is 9.84 Å². The summed E-state index contributed by atoms with van der Waals surface area (Å²) < 4.78 is 6.92. The molecule has 3 aromatic rings. The molecule has 0 fully saturated rings. The number of aliphatic hydroxyl groups is 1. The van der Waals surface area contributed by atoms with Crippen LogP contribution in [0.1, 0.15) is 40.1 Å². The minimum Gasteiger partial charge on any atom is -0.461 e. The molecule has 8 nitrogen and oxygen atoms in total. The van der Waals surface area contributed by atoms with Crippen LogP contribution in [0.25, 0.3) is 11.0 Å². The second-order valence-corrected chi connectivity index (χ2v) is 7.15. The van der Waals surface area contributed by atoms with Crippen LogP contribution in [0, 0.1) is 6.92 Å². The maximum absolute atomic E-state index is 12.4. The summed E-state index contributed by atoms with van der Waals surface area (Å²) in [6.07, 6.45) is 0.752. The van der Waals surface area contributed by atoms with Crippen LogP contribution in [0.3, 0.4) is 0 Å². The van der Waals surface area contributed by atoms with Gasteiger partial charge in [-0.25, -0.2) is 14.8 Å². The van der Waals surface area contributed by atoms with E-state index in [1.807, 2.05) is 31.2 Å². The molecule has 0 bridgehead atoms. The van der Waals surface area contributed by atoms with Crippen molar-refractivity contribution in [3.8, 4) is 0 Å². The Morgan fingerprint density at radius 1 is 1.24 bits per heavy atom. The molecule has 4 rings (SSSR count). The Balaban J connectivity index is 1.61. The number of esters is 1. The molecule has 1 N–H and O–H groups in total. The highest BCUT2D eigenvalue weighted by atomic mass is 16.5. The summed E-state index contributed by atoms with van der Waals surface area (Å²) in [6, 6.07) is 7.86. The number of para-hydroxylation sites is 2. The van der Waals surface area contributed by atoms with E-state index in [0.717, 1.165) is 46.6 Å². The van der Waals surface area contributed by atoms with Crippen molar-refractivity contribution in [3.63, 3.8) is 0 Å². The molecule has 8 heteroatoms. The van der Waals surface area contributed by atoms with Gasteiger partial charge in [0, 0.05) is 37.3 Å². The molecule has 0 saturated carbocycles. The average molecular weight is 395 g/mol. The number of fused-ring (bicyclic) bond motifs is 2. The van der Waals surface area contributed by atoms with E-state index in [1.54, 1.807) is 11.6 Å². The third-order valence-electron chi connectivity index (χ3n) is 5.21. The van der Waals surface area contributed by atoms with Gasteiger partial charge in [0.1, 0.15) is 0 Å². The van der Waals surface area contributed by atoms with E-state index in [4.69, 9.17) is 9.72 Å². The Hall–Kier alpha value is -2.84. The van der Waals surface area contributed by atoms with Gasteiger partial charge in [-0.3, -0.25) is 9.58 Å². The molecule has 0 amide bonds. The van der Waals surface area contributed by atoms with Gasteiger partial charge in [-0.05, 0) is 26.0 Å². The van der Waals surface area contributed by atoms with Crippen LogP contribution in [-0.2, 0) is 30.8 Å². The maximum Gasteiger partial charge on any atom is 0.359 e. The molecule has 0 radical (unpaired) electrons. The maximum atomic E-state index is 12.4. The summed E-state index contributed by atoms with van der Waals surface area (Å²) in [5, 5.41) is 13.8. The highest BCUT2D eigenvalue weighted by Gasteiger charge is 2.29. The number of ether oxygens (including phenoxy) is 1. The molecule has 1 aromatic carbocycles. The first-order valence-corrected chi connectivity index (χ1v) is 9.91. The van der Waals surface area contributed by atoms with Crippen molar-refractivity contribution >= 4 is 17.0 Å². The van der Waals surface area contributed by atoms with Gasteiger partial charge in [0.15, 0.2) is 5.69 Å². The Labute approximate surface area is 169 Å². The van der Waals surface area contributed by atoms with Crippen LogP contribution in [0.5, 0.6) is 0 Å². The van der Waals surface area contributed by atoms with E-state index in [1.165, 1.54) is 0 Å². The monoisotopic (exact) mass is 395 g/mol. The van der Waals surface area contributed by atoms with Crippen molar-refractivity contribution in [1.82, 2.24) is 24.6 Å². The lowest BCUT2D eigenvalue weighted by atomic mass is 10.0. The second-order valence-electron chi connectivity index (χ2n) is 7.15. The van der Waals surface area contributed by atoms with Crippen LogP contribution in [0.15, 0.2) is 24.3 Å². The number of aliphatic hydroxyl groups excluding tert-OH is 1. The van der Waals surface area contributed by atoms with Crippen molar-refractivity contribution in [2.75, 3.05) is 19.8 Å². The van der Waals surface area contributed by atoms with Gasteiger partial charge in [-0.2, -0.15) is 5.10 Å². The largest absolute Gasteiger partial charge is 0.461 e. The Morgan fingerprint density at radius 2 is 2.00 bits per heavy atom. The number of benzene rings is 1. The highest BCUT2D eigenvalue weighted by Crippen LogP contribution is 2.25. The van der Waals surface area contributed by atoms with Crippen molar-refractivity contribution in [3.05, 3.63) is 52.6 Å². The first-order valence-electron chi connectivity index (χ1n) is 9.91. The Morgan fingerprint density at radius 3 is 2.72 bits per heavy atom. The van der Waals surface area contributed by atoms with Crippen molar-refractivity contribution < 1.29 is 14.6 Å². The first-order chi connectivity index (χ1) is 14.1. The van der Waals surface area contributed by atoms with Gasteiger partial charge in [0.05, 0.1) is 42.2 Å². The fourth-order valence-electron chi connectivity index (χ4n) is 3.81. The van der Waals surface area contributed by atoms with Gasteiger partial charge in [-0.15, -0.1) is 0 Å². The zero-order valence-electron chi connectivity index (χ0n) is 16.8. The second kappa shape index (κ2) is 8.26. The van der Waals surface area contributed by atoms with Crippen LogP contribution < -0.4 is 0 Å². The molecule has 1 aliphatic rings. The summed E-state index contributed by atoms with van der Waals surface area (Å²) >= 11 is 0. The number of hydrogen-bond donors (Lipinski definition) is 1. The van der Waals surface area contributed by atoms with Crippen molar-refractivity contribution in [2.45, 2.75) is 39.9 Å². The lowest BCUT2D eigenvalue weighted by Crippen LogP contribution is -2.32. The Bertz CT molecular complexity index is 1050. The SMILES string of the molecule is CCOC(=O)c1nn(CCO)c2c1CN(Cc1nc3ccccc3nc1C)CC2. The lowest BCUT2D eigenvalue weighted by Gasteiger charge is -2.27. The van der Waals surface area contributed by atoms with Crippen LogP contribution in [0.2, 0.25) is 0 Å². The number of aryl methyl sites for hydroxylation is 1. The predicted molar refractivity (Wildman–Crippen MR) is 107 cm³/mol. The number of hydrogen-bond acceptors (Lipinski definition) is 7. The Kier molecular flexibility index (Phi) is 5.55. The molecule has 0 saturated heterocycles. The summed E-state index contributed by atoms with van der Waals surface area (Å²) in [5.74, 6) is -0.413. The highest BCUT2D eigenvalue weighted by molar-refractivity contribution is 5.89. The van der Waals surface area contributed by atoms with Crippen LogP contribution in [0.4, 0.5) is 0 Å². The third kappa shape index (κ3) is 3.86. The van der Waals surface area contributed by atoms with E-state index in [-0.39, 0.29) is 6.61 Å². The van der Waals surface area contributed by atoms with E-state index in [0.29, 0.717) is 31.9 Å². The molecule has 0 aliphatic carbocycles. The molecular weight excluding hydrogens is 370 g/mol. The van der Waals surface area contributed by atoms with E-state index >= 15 is 0 Å². The molecule has 0 atom stereocenters. The molecular formula is C21H25N5O3. The third-order valence-corrected chi connectivity index (χ3v) is 5.21. The van der Waals surface area contributed by atoms with Gasteiger partial charge in [-0.1, -0.05) is 12.1 Å². The topological polar surface area (TPSA) is 93.4 Å². The smallest absolute Gasteiger partial charge is 0.359 e. The molecule has 2 aromatic heterocycles. The molecule has 3 heterocycles. The summed E-state index contributed by atoms with van der Waals surface area (Å²) in [5.41, 5.74) is 5.86. The summed E-state index contributed by atoms with van der Waals surface area (Å²) in [6.45, 7) is 6.47. The first kappa shape index (κ1) is 19.5. The van der Waals surface area contributed by atoms with Crippen LogP contribution >= 0.6 is 0 Å². The predicted octanol–water partition coefficient (Wildman–Crippen LogP) is 1.86. The van der Waals surface area contributed by atoms with Gasteiger partial charge in [0.25, 0.3) is 0 Å². The molecule has 0 unspecified atom stereocenters.